The molecule has 1 heterocycles. The molecule has 0 radical (unpaired) electrons. The Labute approximate surface area is 124 Å². The van der Waals surface area contributed by atoms with Gasteiger partial charge in [0, 0.05) is 19.6 Å². The highest BCUT2D eigenvalue weighted by atomic mass is 32.1. The molecule has 1 aromatic rings. The molecule has 0 saturated heterocycles. The van der Waals surface area contributed by atoms with Gasteiger partial charge in [-0.05, 0) is 20.8 Å². The number of ether oxygens (including phenoxy) is 2. The summed E-state index contributed by atoms with van der Waals surface area (Å²) in [5.74, 6) is 0.622. The number of carbonyl (C=O) groups is 1. The van der Waals surface area contributed by atoms with E-state index in [0.29, 0.717) is 42.5 Å². The second-order valence-corrected chi connectivity index (χ2v) is 5.59. The summed E-state index contributed by atoms with van der Waals surface area (Å²) in [4.78, 5) is 12.5. The summed E-state index contributed by atoms with van der Waals surface area (Å²) >= 11 is 1.35. The number of ketones is 1. The first-order valence-electron chi connectivity index (χ1n) is 6.94. The fourth-order valence-electron chi connectivity index (χ4n) is 1.65. The quantitative estimate of drug-likeness (QED) is 0.541. The van der Waals surface area contributed by atoms with Crippen molar-refractivity contribution in [3.63, 3.8) is 0 Å². The van der Waals surface area contributed by atoms with E-state index < -0.39 is 0 Å². The number of nitrogen functional groups attached to an aromatic ring is 1. The molecule has 0 unspecified atom stereocenters. The van der Waals surface area contributed by atoms with E-state index in [1.807, 2.05) is 27.7 Å². The first-order chi connectivity index (χ1) is 9.51. The third-order valence-corrected chi connectivity index (χ3v) is 3.75. The Morgan fingerprint density at radius 2 is 2.10 bits per heavy atom. The van der Waals surface area contributed by atoms with Gasteiger partial charge in [0.1, 0.15) is 5.00 Å². The van der Waals surface area contributed by atoms with Crippen LogP contribution >= 0.6 is 11.3 Å². The lowest BCUT2D eigenvalue weighted by Crippen LogP contribution is -2.11. The van der Waals surface area contributed by atoms with Crippen LogP contribution in [0.5, 0.6) is 5.75 Å². The first kappa shape index (κ1) is 16.8. The van der Waals surface area contributed by atoms with Crippen molar-refractivity contribution < 1.29 is 14.3 Å². The number of nitrogens with two attached hydrogens (primary N) is 1. The number of nitrogens with one attached hydrogen (secondary N) is 1. The molecule has 114 valence electrons. The minimum Gasteiger partial charge on any atom is -0.486 e. The van der Waals surface area contributed by atoms with Gasteiger partial charge in [-0.3, -0.25) is 4.79 Å². The highest BCUT2D eigenvalue weighted by molar-refractivity contribution is 7.19. The van der Waals surface area contributed by atoms with Crippen LogP contribution < -0.4 is 15.8 Å². The number of hydrogen-bond donors (Lipinski definition) is 2. The van der Waals surface area contributed by atoms with Gasteiger partial charge < -0.3 is 20.5 Å². The van der Waals surface area contributed by atoms with Gasteiger partial charge in [-0.25, -0.2) is 0 Å². The lowest BCUT2D eigenvalue weighted by molar-refractivity contribution is 0.0992. The molecule has 3 N–H and O–H groups in total. The molecule has 0 amide bonds. The largest absolute Gasteiger partial charge is 0.486 e. The van der Waals surface area contributed by atoms with Crippen molar-refractivity contribution in [3.8, 4) is 5.75 Å². The Kier molecular flexibility index (Phi) is 6.81. The van der Waals surface area contributed by atoms with Gasteiger partial charge in [-0.15, -0.1) is 11.3 Å². The van der Waals surface area contributed by atoms with E-state index in [4.69, 9.17) is 15.2 Å². The minimum absolute atomic E-state index is 0.00363. The van der Waals surface area contributed by atoms with Crippen LogP contribution in [0.4, 0.5) is 10.7 Å². The molecular formula is C14H24N2O3S. The van der Waals surface area contributed by atoms with Gasteiger partial charge in [-0.1, -0.05) is 6.92 Å². The smallest absolute Gasteiger partial charge is 0.177 e. The average molecular weight is 300 g/mol. The minimum atomic E-state index is 0.00363. The highest BCUT2D eigenvalue weighted by Crippen LogP contribution is 2.43. The van der Waals surface area contributed by atoms with Gasteiger partial charge in [-0.2, -0.15) is 0 Å². The molecule has 6 heteroatoms. The van der Waals surface area contributed by atoms with E-state index in [-0.39, 0.29) is 11.9 Å². The highest BCUT2D eigenvalue weighted by Gasteiger charge is 2.21. The zero-order valence-corrected chi connectivity index (χ0v) is 13.4. The molecule has 1 aromatic heterocycles. The molecule has 20 heavy (non-hydrogen) atoms. The van der Waals surface area contributed by atoms with Gasteiger partial charge in [0.25, 0.3) is 0 Å². The van der Waals surface area contributed by atoms with Crippen molar-refractivity contribution >= 4 is 27.8 Å². The van der Waals surface area contributed by atoms with Crippen molar-refractivity contribution in [2.75, 3.05) is 30.8 Å². The van der Waals surface area contributed by atoms with Crippen molar-refractivity contribution in [2.24, 2.45) is 0 Å². The van der Waals surface area contributed by atoms with Crippen LogP contribution in [0.25, 0.3) is 0 Å². The van der Waals surface area contributed by atoms with Crippen LogP contribution in [0.15, 0.2) is 0 Å². The molecule has 0 aliphatic rings. The Bertz CT molecular complexity index is 444. The Balaban J connectivity index is 2.91. The molecule has 0 atom stereocenters. The fourth-order valence-corrected chi connectivity index (χ4v) is 2.74. The second-order valence-electron chi connectivity index (χ2n) is 4.57. The van der Waals surface area contributed by atoms with Crippen molar-refractivity contribution in [1.29, 1.82) is 0 Å². The third kappa shape index (κ3) is 4.38. The lowest BCUT2D eigenvalue weighted by Gasteiger charge is -2.12. The summed E-state index contributed by atoms with van der Waals surface area (Å²) in [6.45, 7) is 9.59. The molecule has 0 aliphatic carbocycles. The fraction of sp³-hybridized carbons (Fsp3) is 0.643. The van der Waals surface area contributed by atoms with Crippen LogP contribution in [-0.4, -0.2) is 31.6 Å². The van der Waals surface area contributed by atoms with E-state index >= 15 is 0 Å². The van der Waals surface area contributed by atoms with Crippen LogP contribution in [0.3, 0.4) is 0 Å². The van der Waals surface area contributed by atoms with Crippen molar-refractivity contribution in [2.45, 2.75) is 40.2 Å². The standard InChI is InChI=1S/C14H24N2O3S/c1-5-10(17)13-11(15)12(19-9(3)4)14(20-13)16-7-8-18-6-2/h9,16H,5-8,15H2,1-4H3. The second kappa shape index (κ2) is 8.11. The van der Waals surface area contributed by atoms with Crippen molar-refractivity contribution in [3.05, 3.63) is 4.88 Å². The first-order valence-corrected chi connectivity index (χ1v) is 7.76. The SMILES string of the molecule is CCOCCNc1sc(C(=O)CC)c(N)c1OC(C)C. The Morgan fingerprint density at radius 3 is 2.65 bits per heavy atom. The number of carbonyl (C=O) groups excluding carboxylic acids is 1. The molecule has 0 aromatic carbocycles. The number of thiophene rings is 1. The summed E-state index contributed by atoms with van der Waals surface area (Å²) in [6, 6.07) is 0. The zero-order chi connectivity index (χ0) is 15.1. The van der Waals surface area contributed by atoms with E-state index in [2.05, 4.69) is 5.32 Å². The molecule has 0 fully saturated rings. The molecule has 5 nitrogen and oxygen atoms in total. The third-order valence-electron chi connectivity index (χ3n) is 2.56. The van der Waals surface area contributed by atoms with Crippen LogP contribution in [0.1, 0.15) is 43.8 Å². The van der Waals surface area contributed by atoms with Gasteiger partial charge in [0.05, 0.1) is 23.3 Å². The predicted octanol–water partition coefficient (Wildman–Crippen LogP) is 3.16. The molecule has 0 spiro atoms. The molecule has 0 bridgehead atoms. The Hall–Kier alpha value is -1.27. The molecule has 0 aliphatic heterocycles. The predicted molar refractivity (Wildman–Crippen MR) is 84.1 cm³/mol. The van der Waals surface area contributed by atoms with Gasteiger partial charge in [0.15, 0.2) is 11.5 Å². The number of anilines is 2. The van der Waals surface area contributed by atoms with Crippen LogP contribution in [-0.2, 0) is 4.74 Å². The van der Waals surface area contributed by atoms with Crippen molar-refractivity contribution in [1.82, 2.24) is 0 Å². The van der Waals surface area contributed by atoms with E-state index in [0.717, 1.165) is 5.00 Å². The normalized spacial score (nSPS) is 10.8. The zero-order valence-electron chi connectivity index (χ0n) is 12.6. The molecule has 0 saturated carbocycles. The number of hydrogen-bond acceptors (Lipinski definition) is 6. The Morgan fingerprint density at radius 1 is 1.40 bits per heavy atom. The topological polar surface area (TPSA) is 73.6 Å². The van der Waals surface area contributed by atoms with E-state index in [9.17, 15) is 4.79 Å². The summed E-state index contributed by atoms with van der Waals surface area (Å²) in [5, 5.41) is 4.03. The average Bonchev–Trinajstić information content (AvgIpc) is 2.71. The van der Waals surface area contributed by atoms with Gasteiger partial charge >= 0.3 is 0 Å². The monoisotopic (exact) mass is 300 g/mol. The maximum Gasteiger partial charge on any atom is 0.177 e. The van der Waals surface area contributed by atoms with Crippen LogP contribution in [0.2, 0.25) is 0 Å². The summed E-state index contributed by atoms with van der Waals surface area (Å²) in [7, 11) is 0. The number of rotatable bonds is 9. The summed E-state index contributed by atoms with van der Waals surface area (Å²) in [6.07, 6.45) is 0.438. The maximum absolute atomic E-state index is 11.9. The van der Waals surface area contributed by atoms with Crippen LogP contribution in [0, 0.1) is 0 Å². The molecular weight excluding hydrogens is 276 g/mol. The summed E-state index contributed by atoms with van der Waals surface area (Å²) in [5.41, 5.74) is 6.49. The lowest BCUT2D eigenvalue weighted by atomic mass is 10.2. The van der Waals surface area contributed by atoms with E-state index in [1.165, 1.54) is 11.3 Å². The summed E-state index contributed by atoms with van der Waals surface area (Å²) < 4.78 is 11.0. The maximum atomic E-state index is 11.9. The molecule has 1 rings (SSSR count). The van der Waals surface area contributed by atoms with E-state index in [1.54, 1.807) is 0 Å². The van der Waals surface area contributed by atoms with Gasteiger partial charge in [0.2, 0.25) is 0 Å². The number of Topliss-reactive ketones (excluding diaryl/α,β-unsaturated/α-hetero) is 1.